The van der Waals surface area contributed by atoms with Gasteiger partial charge >= 0.3 is 0 Å². The molecule has 0 saturated heterocycles. The lowest BCUT2D eigenvalue weighted by Crippen LogP contribution is -1.69. The van der Waals surface area contributed by atoms with Gasteiger partial charge in [-0.05, 0) is 6.92 Å². The van der Waals surface area contributed by atoms with E-state index >= 15 is 0 Å². The van der Waals surface area contributed by atoms with E-state index in [1.54, 1.807) is 6.92 Å². The largest absolute Gasteiger partial charge is 0.435 e. The van der Waals surface area contributed by atoms with Gasteiger partial charge in [0, 0.05) is 6.92 Å². The second-order valence-corrected chi connectivity index (χ2v) is 2.03. The highest BCUT2D eigenvalue weighted by Crippen LogP contribution is 2.11. The van der Waals surface area contributed by atoms with Crippen molar-refractivity contribution < 1.29 is 4.42 Å². The molecule has 0 amide bonds. The average molecular weight is 129 g/mol. The van der Waals surface area contributed by atoms with Crippen LogP contribution in [0.25, 0.3) is 0 Å². The number of thiol groups is 1. The number of nitrogens with zero attached hydrogens (tertiary/aromatic N) is 1. The van der Waals surface area contributed by atoms with Gasteiger partial charge in [-0.15, -0.1) is 12.6 Å². The Morgan fingerprint density at radius 1 is 1.50 bits per heavy atom. The Labute approximate surface area is 53.3 Å². The van der Waals surface area contributed by atoms with Crippen LogP contribution < -0.4 is 0 Å². The SMILES string of the molecule is Cc1nc(C)c(S)o1. The number of aryl methyl sites for hydroxylation is 2. The van der Waals surface area contributed by atoms with E-state index in [4.69, 9.17) is 4.42 Å². The number of oxazole rings is 1. The quantitative estimate of drug-likeness (QED) is 0.538. The molecule has 0 N–H and O–H groups in total. The minimum absolute atomic E-state index is 0.613. The van der Waals surface area contributed by atoms with Crippen LogP contribution in [-0.4, -0.2) is 4.98 Å². The Kier molecular flexibility index (Phi) is 1.29. The first-order valence-electron chi connectivity index (χ1n) is 2.33. The summed E-state index contributed by atoms with van der Waals surface area (Å²) in [5, 5.41) is 0.613. The molecule has 1 rings (SSSR count). The maximum absolute atomic E-state index is 4.97. The van der Waals surface area contributed by atoms with Crippen molar-refractivity contribution in [3.8, 4) is 0 Å². The molecule has 1 aromatic rings. The van der Waals surface area contributed by atoms with E-state index in [0.29, 0.717) is 11.0 Å². The Hall–Kier alpha value is -0.440. The summed E-state index contributed by atoms with van der Waals surface area (Å²) in [5.41, 5.74) is 0.853. The van der Waals surface area contributed by atoms with Crippen molar-refractivity contribution >= 4 is 12.6 Å². The van der Waals surface area contributed by atoms with Gasteiger partial charge in [-0.3, -0.25) is 0 Å². The van der Waals surface area contributed by atoms with E-state index in [9.17, 15) is 0 Å². The molecular weight excluding hydrogens is 122 g/mol. The van der Waals surface area contributed by atoms with Crippen LogP contribution >= 0.6 is 12.6 Å². The second-order valence-electron chi connectivity index (χ2n) is 1.62. The van der Waals surface area contributed by atoms with Crippen LogP contribution in [0.1, 0.15) is 11.6 Å². The molecule has 0 unspecified atom stereocenters. The number of hydrogen-bond donors (Lipinski definition) is 1. The zero-order chi connectivity index (χ0) is 6.15. The highest BCUT2D eigenvalue weighted by Gasteiger charge is 1.98. The minimum Gasteiger partial charge on any atom is -0.435 e. The van der Waals surface area contributed by atoms with Gasteiger partial charge in [0.25, 0.3) is 0 Å². The molecule has 0 bridgehead atoms. The Morgan fingerprint density at radius 2 is 2.12 bits per heavy atom. The second kappa shape index (κ2) is 1.82. The zero-order valence-corrected chi connectivity index (χ0v) is 5.70. The highest BCUT2D eigenvalue weighted by molar-refractivity contribution is 7.80. The van der Waals surface area contributed by atoms with Gasteiger partial charge in [0.1, 0.15) is 0 Å². The highest BCUT2D eigenvalue weighted by atomic mass is 32.1. The summed E-state index contributed by atoms with van der Waals surface area (Å²) < 4.78 is 4.97. The third kappa shape index (κ3) is 0.865. The first-order chi connectivity index (χ1) is 3.70. The van der Waals surface area contributed by atoms with Crippen molar-refractivity contribution in [1.29, 1.82) is 0 Å². The average Bonchev–Trinajstić information content (AvgIpc) is 1.85. The molecule has 2 nitrogen and oxygen atoms in total. The molecule has 1 aromatic heterocycles. The predicted octanol–water partition coefficient (Wildman–Crippen LogP) is 1.58. The summed E-state index contributed by atoms with van der Waals surface area (Å²) in [5.74, 6) is 0.674. The van der Waals surface area contributed by atoms with E-state index in [1.807, 2.05) is 6.92 Å². The monoisotopic (exact) mass is 129 g/mol. The third-order valence-electron chi connectivity index (χ3n) is 0.879. The maximum Gasteiger partial charge on any atom is 0.192 e. The fourth-order valence-electron chi connectivity index (χ4n) is 0.521. The van der Waals surface area contributed by atoms with E-state index in [1.165, 1.54) is 0 Å². The lowest BCUT2D eigenvalue weighted by Gasteiger charge is -1.76. The van der Waals surface area contributed by atoms with Crippen molar-refractivity contribution in [2.45, 2.75) is 18.9 Å². The molecule has 0 aliphatic rings. The lowest BCUT2D eigenvalue weighted by atomic mass is 10.6. The van der Waals surface area contributed by atoms with Gasteiger partial charge < -0.3 is 4.42 Å². The normalized spacial score (nSPS) is 9.88. The zero-order valence-electron chi connectivity index (χ0n) is 4.80. The van der Waals surface area contributed by atoms with Crippen molar-refractivity contribution in [2.75, 3.05) is 0 Å². The van der Waals surface area contributed by atoms with Crippen molar-refractivity contribution in [3.05, 3.63) is 11.6 Å². The van der Waals surface area contributed by atoms with E-state index in [0.717, 1.165) is 5.69 Å². The fourth-order valence-corrected chi connectivity index (χ4v) is 0.703. The first-order valence-corrected chi connectivity index (χ1v) is 2.78. The fraction of sp³-hybridized carbons (Fsp3) is 0.400. The summed E-state index contributed by atoms with van der Waals surface area (Å²) >= 11 is 3.99. The van der Waals surface area contributed by atoms with Crippen LogP contribution in [0.15, 0.2) is 9.51 Å². The van der Waals surface area contributed by atoms with E-state index < -0.39 is 0 Å². The van der Waals surface area contributed by atoms with Crippen LogP contribution in [0.5, 0.6) is 0 Å². The van der Waals surface area contributed by atoms with Gasteiger partial charge in [-0.25, -0.2) is 4.98 Å². The molecule has 0 aliphatic carbocycles. The van der Waals surface area contributed by atoms with E-state index in [2.05, 4.69) is 17.6 Å². The van der Waals surface area contributed by atoms with Crippen LogP contribution in [0.3, 0.4) is 0 Å². The molecule has 0 fully saturated rings. The smallest absolute Gasteiger partial charge is 0.192 e. The molecule has 0 aliphatic heterocycles. The predicted molar refractivity (Wildman–Crippen MR) is 33.2 cm³/mol. The number of rotatable bonds is 0. The standard InChI is InChI=1S/C5H7NOS/c1-3-5(8)7-4(2)6-3/h8H,1-2H3. The van der Waals surface area contributed by atoms with Gasteiger partial charge in [0.15, 0.2) is 11.0 Å². The molecule has 0 radical (unpaired) electrons. The van der Waals surface area contributed by atoms with Crippen molar-refractivity contribution in [2.24, 2.45) is 0 Å². The summed E-state index contributed by atoms with van der Waals surface area (Å²) in [6, 6.07) is 0. The third-order valence-corrected chi connectivity index (χ3v) is 1.29. The molecule has 8 heavy (non-hydrogen) atoms. The van der Waals surface area contributed by atoms with Crippen LogP contribution in [0.2, 0.25) is 0 Å². The van der Waals surface area contributed by atoms with Crippen molar-refractivity contribution in [3.63, 3.8) is 0 Å². The molecule has 0 aromatic carbocycles. The van der Waals surface area contributed by atoms with Gasteiger partial charge in [-0.1, -0.05) is 0 Å². The Bertz CT molecular complexity index is 175. The van der Waals surface area contributed by atoms with E-state index in [-0.39, 0.29) is 0 Å². The van der Waals surface area contributed by atoms with Crippen molar-refractivity contribution in [1.82, 2.24) is 4.98 Å². The topological polar surface area (TPSA) is 26.0 Å². The van der Waals surface area contributed by atoms with Gasteiger partial charge in [-0.2, -0.15) is 0 Å². The van der Waals surface area contributed by atoms with Gasteiger partial charge in [0.2, 0.25) is 0 Å². The molecule has 0 atom stereocenters. The number of hydrogen-bond acceptors (Lipinski definition) is 3. The minimum atomic E-state index is 0.613. The molecule has 44 valence electrons. The van der Waals surface area contributed by atoms with Crippen LogP contribution in [-0.2, 0) is 0 Å². The summed E-state index contributed by atoms with van der Waals surface area (Å²) in [4.78, 5) is 3.97. The summed E-state index contributed by atoms with van der Waals surface area (Å²) in [6.45, 7) is 3.66. The molecule has 1 heterocycles. The lowest BCUT2D eigenvalue weighted by molar-refractivity contribution is 0.441. The maximum atomic E-state index is 4.97. The molecule has 0 saturated carbocycles. The van der Waals surface area contributed by atoms with Gasteiger partial charge in [0.05, 0.1) is 5.69 Å². The summed E-state index contributed by atoms with van der Waals surface area (Å²) in [6.07, 6.45) is 0. The number of aromatic nitrogens is 1. The van der Waals surface area contributed by atoms with Crippen LogP contribution in [0.4, 0.5) is 0 Å². The first kappa shape index (κ1) is 5.69. The molecule has 3 heteroatoms. The molecule has 0 spiro atoms. The Morgan fingerprint density at radius 3 is 2.25 bits per heavy atom. The summed E-state index contributed by atoms with van der Waals surface area (Å²) in [7, 11) is 0. The molecular formula is C5H7NOS. The van der Waals surface area contributed by atoms with Crippen LogP contribution in [0, 0.1) is 13.8 Å². The Balaban J connectivity index is 3.14.